The molecule has 1 aliphatic rings. The van der Waals surface area contributed by atoms with Gasteiger partial charge in [-0.3, -0.25) is 0 Å². The van der Waals surface area contributed by atoms with E-state index in [1.807, 2.05) is 18.2 Å². The highest BCUT2D eigenvalue weighted by Gasteiger charge is 2.27. The van der Waals surface area contributed by atoms with Crippen molar-refractivity contribution in [3.63, 3.8) is 0 Å². The van der Waals surface area contributed by atoms with Crippen LogP contribution in [0.1, 0.15) is 58.9 Å². The normalized spacial score (nSPS) is 15.6. The van der Waals surface area contributed by atoms with Crippen molar-refractivity contribution in [2.24, 2.45) is 5.92 Å². The lowest BCUT2D eigenvalue weighted by Gasteiger charge is -2.24. The van der Waals surface area contributed by atoms with Gasteiger partial charge in [0.1, 0.15) is 11.5 Å². The van der Waals surface area contributed by atoms with Crippen molar-refractivity contribution in [3.8, 4) is 5.75 Å². The topological polar surface area (TPSA) is 46.3 Å². The van der Waals surface area contributed by atoms with E-state index < -0.39 is 0 Å². The largest absolute Gasteiger partial charge is 0.508 e. The average molecular weight is 424 g/mol. The fourth-order valence-electron chi connectivity index (χ4n) is 5.04. The van der Waals surface area contributed by atoms with E-state index in [2.05, 4.69) is 61.5 Å². The van der Waals surface area contributed by atoms with Gasteiger partial charge in [0.25, 0.3) is 0 Å². The highest BCUT2D eigenvalue weighted by Crippen LogP contribution is 2.36. The summed E-state index contributed by atoms with van der Waals surface area (Å²) in [5.74, 6) is 2.72. The van der Waals surface area contributed by atoms with Gasteiger partial charge in [-0.15, -0.1) is 0 Å². The van der Waals surface area contributed by atoms with Crippen LogP contribution in [-0.4, -0.2) is 10.1 Å². The number of hydrogen-bond acceptors (Lipinski definition) is 3. The third-order valence-electron chi connectivity index (χ3n) is 6.67. The number of phenolic OH excluding ortho intramolecular Hbond substituents is 1. The van der Waals surface area contributed by atoms with E-state index in [0.717, 1.165) is 55.0 Å². The smallest absolute Gasteiger partial charge is 0.206 e. The minimum absolute atomic E-state index is 0.0134. The van der Waals surface area contributed by atoms with Crippen LogP contribution in [0.5, 0.6) is 5.75 Å². The Balaban J connectivity index is 1.46. The summed E-state index contributed by atoms with van der Waals surface area (Å²) in [7, 11) is 0. The molecule has 4 aromatic rings. The van der Waals surface area contributed by atoms with E-state index in [1.54, 1.807) is 6.07 Å². The second kappa shape index (κ2) is 9.04. The Morgan fingerprint density at radius 2 is 1.62 bits per heavy atom. The first-order chi connectivity index (χ1) is 15.7. The van der Waals surface area contributed by atoms with Gasteiger partial charge in [0.2, 0.25) is 5.89 Å². The van der Waals surface area contributed by atoms with Crippen LogP contribution in [0.2, 0.25) is 0 Å². The third-order valence-corrected chi connectivity index (χ3v) is 6.67. The lowest BCUT2D eigenvalue weighted by Crippen LogP contribution is -2.17. The van der Waals surface area contributed by atoms with Crippen LogP contribution in [0.3, 0.4) is 0 Å². The van der Waals surface area contributed by atoms with Gasteiger partial charge >= 0.3 is 0 Å². The van der Waals surface area contributed by atoms with E-state index in [1.165, 1.54) is 16.7 Å². The molecule has 162 valence electrons. The molecule has 0 aliphatic heterocycles. The van der Waals surface area contributed by atoms with Gasteiger partial charge in [0.15, 0.2) is 0 Å². The number of aromatic hydroxyl groups is 1. The summed E-state index contributed by atoms with van der Waals surface area (Å²) in [5, 5.41) is 10.2. The van der Waals surface area contributed by atoms with Crippen LogP contribution in [0.25, 0.3) is 0 Å². The molecular weight excluding hydrogens is 394 g/mol. The monoisotopic (exact) mass is 423 g/mol. The molecule has 0 saturated carbocycles. The first kappa shape index (κ1) is 20.6. The molecule has 0 bridgehead atoms. The predicted octanol–water partition coefficient (Wildman–Crippen LogP) is 6.47. The molecule has 1 heterocycles. The fourth-order valence-corrected chi connectivity index (χ4v) is 5.04. The molecule has 1 aliphatic carbocycles. The molecule has 5 rings (SSSR count). The van der Waals surface area contributed by atoms with E-state index >= 15 is 0 Å². The molecule has 0 amide bonds. The molecule has 0 radical (unpaired) electrons. The van der Waals surface area contributed by atoms with Crippen LogP contribution in [0.4, 0.5) is 0 Å². The number of fused-ring (bicyclic) bond motifs is 1. The summed E-state index contributed by atoms with van der Waals surface area (Å²) < 4.78 is 6.41. The summed E-state index contributed by atoms with van der Waals surface area (Å²) in [5.41, 5.74) is 5.86. The zero-order valence-corrected chi connectivity index (χ0v) is 18.5. The van der Waals surface area contributed by atoms with E-state index in [0.29, 0.717) is 11.7 Å². The van der Waals surface area contributed by atoms with E-state index in [-0.39, 0.29) is 5.92 Å². The highest BCUT2D eigenvalue weighted by atomic mass is 16.4. The zero-order chi connectivity index (χ0) is 21.9. The molecular formula is C29H29NO2. The quantitative estimate of drug-likeness (QED) is 0.386. The van der Waals surface area contributed by atoms with Crippen molar-refractivity contribution < 1.29 is 9.52 Å². The van der Waals surface area contributed by atoms with Crippen molar-refractivity contribution in [2.75, 3.05) is 0 Å². The molecule has 3 aromatic carbocycles. The molecule has 3 heteroatoms. The van der Waals surface area contributed by atoms with Crippen molar-refractivity contribution >= 4 is 0 Å². The molecule has 1 atom stereocenters. The molecule has 0 fully saturated rings. The van der Waals surface area contributed by atoms with Gasteiger partial charge in [0, 0.05) is 6.42 Å². The summed E-state index contributed by atoms with van der Waals surface area (Å²) >= 11 is 0. The third kappa shape index (κ3) is 4.08. The summed E-state index contributed by atoms with van der Waals surface area (Å²) in [4.78, 5) is 5.09. The number of phenols is 1. The summed E-state index contributed by atoms with van der Waals surface area (Å²) in [6, 6.07) is 26.9. The van der Waals surface area contributed by atoms with Gasteiger partial charge in [-0.1, -0.05) is 79.7 Å². The maximum absolute atomic E-state index is 10.2. The maximum Gasteiger partial charge on any atom is 0.206 e. The Bertz CT molecular complexity index is 1140. The van der Waals surface area contributed by atoms with Gasteiger partial charge in [0.05, 0.1) is 11.6 Å². The molecule has 0 saturated heterocycles. The second-order valence-electron chi connectivity index (χ2n) is 8.76. The molecule has 0 spiro atoms. The lowest BCUT2D eigenvalue weighted by atomic mass is 9.81. The number of aromatic nitrogens is 1. The highest BCUT2D eigenvalue weighted by molar-refractivity contribution is 5.41. The minimum Gasteiger partial charge on any atom is -0.508 e. The number of hydrogen-bond donors (Lipinski definition) is 1. The Hall–Kier alpha value is -3.33. The van der Waals surface area contributed by atoms with E-state index in [9.17, 15) is 5.11 Å². The average Bonchev–Trinajstić information content (AvgIpc) is 3.23. The predicted molar refractivity (Wildman–Crippen MR) is 127 cm³/mol. The number of nitrogens with zero attached hydrogens (tertiary/aromatic N) is 1. The van der Waals surface area contributed by atoms with Crippen LogP contribution in [0, 0.1) is 5.92 Å². The number of benzene rings is 3. The van der Waals surface area contributed by atoms with Crippen LogP contribution in [0.15, 0.2) is 83.3 Å². The summed E-state index contributed by atoms with van der Waals surface area (Å²) in [6.07, 6.45) is 4.73. The first-order valence-electron chi connectivity index (χ1n) is 11.6. The number of oxazole rings is 1. The van der Waals surface area contributed by atoms with Crippen LogP contribution >= 0.6 is 0 Å². The SMILES string of the molecule is CCc1oc(C(c2ccccc2)c2ccccc2)nc1CC1CCc2c(O)cccc2C1. The number of rotatable bonds is 6. The van der Waals surface area contributed by atoms with Gasteiger partial charge in [-0.05, 0) is 59.9 Å². The Kier molecular flexibility index (Phi) is 5.81. The Morgan fingerprint density at radius 3 is 2.28 bits per heavy atom. The molecule has 3 nitrogen and oxygen atoms in total. The molecule has 1 unspecified atom stereocenters. The molecule has 32 heavy (non-hydrogen) atoms. The number of aryl methyl sites for hydroxylation is 1. The van der Waals surface area contributed by atoms with Crippen molar-refractivity contribution in [3.05, 3.63) is 118 Å². The fraction of sp³-hybridized carbons (Fsp3) is 0.276. The lowest BCUT2D eigenvalue weighted by molar-refractivity contribution is 0.420. The summed E-state index contributed by atoms with van der Waals surface area (Å²) in [6.45, 7) is 2.14. The molecule has 1 aromatic heterocycles. The van der Waals surface area contributed by atoms with Crippen molar-refractivity contribution in [2.45, 2.75) is 44.9 Å². The van der Waals surface area contributed by atoms with Crippen molar-refractivity contribution in [1.82, 2.24) is 4.98 Å². The molecule has 1 N–H and O–H groups in total. The van der Waals surface area contributed by atoms with Gasteiger partial charge < -0.3 is 9.52 Å². The second-order valence-corrected chi connectivity index (χ2v) is 8.76. The zero-order valence-electron chi connectivity index (χ0n) is 18.5. The Morgan fingerprint density at radius 1 is 0.938 bits per heavy atom. The van der Waals surface area contributed by atoms with Crippen LogP contribution in [-0.2, 0) is 25.7 Å². The first-order valence-corrected chi connectivity index (χ1v) is 11.6. The van der Waals surface area contributed by atoms with Crippen LogP contribution < -0.4 is 0 Å². The van der Waals surface area contributed by atoms with Gasteiger partial charge in [-0.25, -0.2) is 4.98 Å². The van der Waals surface area contributed by atoms with Gasteiger partial charge in [-0.2, -0.15) is 0 Å². The van der Waals surface area contributed by atoms with E-state index in [4.69, 9.17) is 9.40 Å². The maximum atomic E-state index is 10.2. The standard InChI is InChI=1S/C29H29NO2/c1-2-27-25(19-20-16-17-24-23(18-20)14-9-15-26(24)31)30-29(32-27)28(21-10-5-3-6-11-21)22-12-7-4-8-13-22/h3-15,20,28,31H,2,16-19H2,1H3. The van der Waals surface area contributed by atoms with Crippen molar-refractivity contribution in [1.29, 1.82) is 0 Å². The minimum atomic E-state index is -0.0134. The Labute approximate surface area is 189 Å².